The lowest BCUT2D eigenvalue weighted by molar-refractivity contribution is 0.444. The van der Waals surface area contributed by atoms with E-state index in [-0.39, 0.29) is 5.41 Å². The summed E-state index contributed by atoms with van der Waals surface area (Å²) < 4.78 is 0. The summed E-state index contributed by atoms with van der Waals surface area (Å²) in [4.78, 5) is 4.80. The van der Waals surface area contributed by atoms with E-state index in [0.717, 1.165) is 19.5 Å². The Kier molecular flexibility index (Phi) is 2.35. The van der Waals surface area contributed by atoms with Gasteiger partial charge in [0.25, 0.3) is 0 Å². The molecular weight excluding hydrogens is 232 g/mol. The van der Waals surface area contributed by atoms with Gasteiger partial charge in [-0.2, -0.15) is 0 Å². The van der Waals surface area contributed by atoms with E-state index in [1.165, 1.54) is 35.4 Å². The summed E-state index contributed by atoms with van der Waals surface area (Å²) in [6.45, 7) is 4.46. The maximum absolute atomic E-state index is 4.80. The third kappa shape index (κ3) is 1.59. The van der Waals surface area contributed by atoms with E-state index in [9.17, 15) is 0 Å². The predicted molar refractivity (Wildman–Crippen MR) is 79.1 cm³/mol. The molecular formula is C17H20N2. The Balaban J connectivity index is 1.85. The highest BCUT2D eigenvalue weighted by Gasteiger charge is 2.39. The van der Waals surface area contributed by atoms with Crippen LogP contribution in [0.5, 0.6) is 0 Å². The second kappa shape index (κ2) is 3.96. The Morgan fingerprint density at radius 3 is 3.16 bits per heavy atom. The molecule has 98 valence electrons. The Hall–Kier alpha value is -1.57. The molecule has 2 unspecified atom stereocenters. The molecule has 4 rings (SSSR count). The van der Waals surface area contributed by atoms with Crippen LogP contribution in [0.1, 0.15) is 26.2 Å². The quantitative estimate of drug-likeness (QED) is 0.703. The molecule has 19 heavy (non-hydrogen) atoms. The van der Waals surface area contributed by atoms with Crippen molar-refractivity contribution in [2.75, 3.05) is 13.1 Å². The first kappa shape index (κ1) is 11.3. The number of allylic oxidation sites excluding steroid dienone is 7. The van der Waals surface area contributed by atoms with Crippen LogP contribution >= 0.6 is 0 Å². The average Bonchev–Trinajstić information content (AvgIpc) is 2.87. The zero-order valence-corrected chi connectivity index (χ0v) is 11.4. The van der Waals surface area contributed by atoms with Gasteiger partial charge in [0.1, 0.15) is 0 Å². The Bertz CT molecular complexity index is 574. The van der Waals surface area contributed by atoms with Crippen molar-refractivity contribution in [1.29, 1.82) is 0 Å². The van der Waals surface area contributed by atoms with Crippen LogP contribution in [0.15, 0.2) is 52.2 Å². The van der Waals surface area contributed by atoms with Crippen molar-refractivity contribution in [3.05, 3.63) is 47.2 Å². The van der Waals surface area contributed by atoms with Gasteiger partial charge in [-0.3, -0.25) is 4.99 Å². The second-order valence-corrected chi connectivity index (χ2v) is 6.23. The van der Waals surface area contributed by atoms with E-state index in [4.69, 9.17) is 4.99 Å². The van der Waals surface area contributed by atoms with Crippen molar-refractivity contribution < 1.29 is 0 Å². The monoisotopic (exact) mass is 252 g/mol. The molecule has 0 saturated carbocycles. The average molecular weight is 252 g/mol. The molecule has 2 heteroatoms. The van der Waals surface area contributed by atoms with Crippen molar-refractivity contribution in [2.24, 2.45) is 16.3 Å². The lowest BCUT2D eigenvalue weighted by Gasteiger charge is -2.38. The molecule has 4 aliphatic rings. The number of rotatable bonds is 0. The summed E-state index contributed by atoms with van der Waals surface area (Å²) in [6, 6.07) is 0. The smallest absolute Gasteiger partial charge is 0.0412 e. The summed E-state index contributed by atoms with van der Waals surface area (Å²) in [7, 11) is 0. The van der Waals surface area contributed by atoms with Gasteiger partial charge in [-0.25, -0.2) is 0 Å². The Morgan fingerprint density at radius 1 is 1.26 bits per heavy atom. The van der Waals surface area contributed by atoms with Gasteiger partial charge in [0.15, 0.2) is 0 Å². The van der Waals surface area contributed by atoms with Crippen LogP contribution in [0, 0.1) is 11.3 Å². The third-order valence-corrected chi connectivity index (χ3v) is 5.06. The van der Waals surface area contributed by atoms with Crippen molar-refractivity contribution in [2.45, 2.75) is 26.2 Å². The number of hydrogen-bond acceptors (Lipinski definition) is 2. The topological polar surface area (TPSA) is 24.4 Å². The molecule has 2 heterocycles. The zero-order valence-electron chi connectivity index (χ0n) is 11.4. The molecule has 0 spiro atoms. The number of fused-ring (bicyclic) bond motifs is 3. The van der Waals surface area contributed by atoms with Crippen LogP contribution in [0.2, 0.25) is 0 Å². The van der Waals surface area contributed by atoms with Crippen molar-refractivity contribution in [3.63, 3.8) is 0 Å². The molecule has 2 nitrogen and oxygen atoms in total. The first-order valence-corrected chi connectivity index (χ1v) is 7.36. The van der Waals surface area contributed by atoms with Gasteiger partial charge < -0.3 is 5.32 Å². The van der Waals surface area contributed by atoms with E-state index < -0.39 is 0 Å². The van der Waals surface area contributed by atoms with E-state index in [2.05, 4.69) is 42.6 Å². The molecule has 0 aromatic carbocycles. The fourth-order valence-corrected chi connectivity index (χ4v) is 3.90. The maximum atomic E-state index is 4.80. The van der Waals surface area contributed by atoms with Crippen molar-refractivity contribution in [3.8, 4) is 0 Å². The van der Waals surface area contributed by atoms with Crippen molar-refractivity contribution >= 4 is 5.71 Å². The van der Waals surface area contributed by atoms with Gasteiger partial charge in [0.05, 0.1) is 0 Å². The molecule has 1 saturated heterocycles. The van der Waals surface area contributed by atoms with Gasteiger partial charge in [0.2, 0.25) is 0 Å². The fraction of sp³-hybridized carbons (Fsp3) is 0.471. The van der Waals surface area contributed by atoms with Gasteiger partial charge in [-0.15, -0.1) is 0 Å². The minimum Gasteiger partial charge on any atom is -0.388 e. The number of nitrogens with one attached hydrogen (secondary N) is 1. The first-order chi connectivity index (χ1) is 9.27. The standard InChI is InChI=1S/C17H20N2/c1-17-11-13-5-6-14(17)3-2-4-15(17)18-9-7-12-8-10-19-16(12)13/h2-6,12,18H,7-11H2,1H3. The highest BCUT2D eigenvalue weighted by Crippen LogP contribution is 2.47. The predicted octanol–water partition coefficient (Wildman–Crippen LogP) is 3.16. The molecule has 2 atom stereocenters. The van der Waals surface area contributed by atoms with Crippen LogP contribution in [0.3, 0.4) is 0 Å². The van der Waals surface area contributed by atoms with Crippen LogP contribution < -0.4 is 5.32 Å². The number of hydrogen-bond donors (Lipinski definition) is 1. The van der Waals surface area contributed by atoms with E-state index in [1.54, 1.807) is 0 Å². The summed E-state index contributed by atoms with van der Waals surface area (Å²) in [5.41, 5.74) is 5.80. The fourth-order valence-electron chi connectivity index (χ4n) is 3.90. The third-order valence-electron chi connectivity index (χ3n) is 5.06. The molecule has 2 aliphatic carbocycles. The van der Waals surface area contributed by atoms with Gasteiger partial charge in [-0.05, 0) is 43.4 Å². The van der Waals surface area contributed by atoms with E-state index >= 15 is 0 Å². The van der Waals surface area contributed by atoms with E-state index in [0.29, 0.717) is 5.92 Å². The lowest BCUT2D eigenvalue weighted by atomic mass is 9.68. The van der Waals surface area contributed by atoms with Crippen LogP contribution in [-0.2, 0) is 0 Å². The van der Waals surface area contributed by atoms with Crippen LogP contribution in [-0.4, -0.2) is 18.8 Å². The molecule has 1 fully saturated rings. The summed E-state index contributed by atoms with van der Waals surface area (Å²) in [5.74, 6) is 0.672. The van der Waals surface area contributed by atoms with E-state index in [1.807, 2.05) is 0 Å². The van der Waals surface area contributed by atoms with Gasteiger partial charge in [0, 0.05) is 35.8 Å². The van der Waals surface area contributed by atoms with Gasteiger partial charge >= 0.3 is 0 Å². The molecule has 0 amide bonds. The summed E-state index contributed by atoms with van der Waals surface area (Å²) in [5, 5.41) is 3.69. The maximum Gasteiger partial charge on any atom is 0.0412 e. The van der Waals surface area contributed by atoms with Crippen LogP contribution in [0.4, 0.5) is 0 Å². The van der Waals surface area contributed by atoms with Crippen molar-refractivity contribution in [1.82, 2.24) is 5.32 Å². The minimum atomic E-state index is 0.124. The number of aliphatic imine (C=N–C) groups is 1. The minimum absolute atomic E-state index is 0.124. The molecule has 2 aliphatic heterocycles. The Morgan fingerprint density at radius 2 is 2.21 bits per heavy atom. The molecule has 0 aromatic rings. The normalized spacial score (nSPS) is 35.7. The molecule has 2 bridgehead atoms. The molecule has 0 radical (unpaired) electrons. The largest absolute Gasteiger partial charge is 0.388 e. The summed E-state index contributed by atoms with van der Waals surface area (Å²) in [6.07, 6.45) is 14.8. The highest BCUT2D eigenvalue weighted by molar-refractivity contribution is 6.03. The zero-order chi connectivity index (χ0) is 12.9. The first-order valence-electron chi connectivity index (χ1n) is 7.36. The lowest BCUT2D eigenvalue weighted by Crippen LogP contribution is -2.33. The highest BCUT2D eigenvalue weighted by atomic mass is 14.9. The van der Waals surface area contributed by atoms with Crippen LogP contribution in [0.25, 0.3) is 0 Å². The molecule has 1 N–H and O–H groups in total. The molecule has 0 aromatic heterocycles. The number of nitrogens with zero attached hydrogens (tertiary/aromatic N) is 1. The van der Waals surface area contributed by atoms with Gasteiger partial charge in [-0.1, -0.05) is 24.3 Å². The SMILES string of the molecule is CC12CC3=CC=C1C=CC=C2NCCC1CCN=C31. The summed E-state index contributed by atoms with van der Waals surface area (Å²) >= 11 is 0. The Labute approximate surface area is 114 Å². The second-order valence-electron chi connectivity index (χ2n) is 6.23.